The first-order valence-corrected chi connectivity index (χ1v) is 2.89. The maximum atomic E-state index is 8.94. The summed E-state index contributed by atoms with van der Waals surface area (Å²) in [6.07, 6.45) is 2.57. The first kappa shape index (κ1) is 5.61. The lowest BCUT2D eigenvalue weighted by atomic mass is 10.2. The van der Waals surface area contributed by atoms with Crippen LogP contribution in [0.1, 0.15) is 19.3 Å². The van der Waals surface area contributed by atoms with Crippen molar-refractivity contribution in [1.29, 1.82) is 0 Å². The monoisotopic (exact) mass is 110 g/mol. The first-order chi connectivity index (χ1) is 3.83. The molecule has 1 unspecified atom stereocenters. The lowest BCUT2D eigenvalue weighted by Crippen LogP contribution is -1.95. The Morgan fingerprint density at radius 2 is 2.50 bits per heavy atom. The molecule has 0 radical (unpaired) electrons. The molecule has 1 aliphatic carbocycles. The van der Waals surface area contributed by atoms with Gasteiger partial charge in [-0.2, -0.15) is 0 Å². The van der Waals surface area contributed by atoms with Crippen LogP contribution in [0.2, 0.25) is 0 Å². The van der Waals surface area contributed by atoms with Gasteiger partial charge in [-0.15, -0.1) is 5.73 Å². The van der Waals surface area contributed by atoms with Crippen LogP contribution in [0, 0.1) is 0 Å². The molecule has 0 heterocycles. The summed E-state index contributed by atoms with van der Waals surface area (Å²) in [5.74, 6) is 0. The molecule has 0 aromatic heterocycles. The van der Waals surface area contributed by atoms with Gasteiger partial charge in [0.25, 0.3) is 0 Å². The fourth-order valence-electron chi connectivity index (χ4n) is 0.990. The summed E-state index contributed by atoms with van der Waals surface area (Å²) in [5, 5.41) is 8.94. The number of rotatable bonds is 0. The van der Waals surface area contributed by atoms with Gasteiger partial charge in [0.15, 0.2) is 0 Å². The largest absolute Gasteiger partial charge is 0.393 e. The van der Waals surface area contributed by atoms with Gasteiger partial charge in [0, 0.05) is 6.42 Å². The minimum absolute atomic E-state index is 0.112. The zero-order valence-corrected chi connectivity index (χ0v) is 4.85. The average molecular weight is 110 g/mol. The molecule has 1 heteroatoms. The van der Waals surface area contributed by atoms with E-state index in [4.69, 9.17) is 5.11 Å². The molecule has 8 heavy (non-hydrogen) atoms. The Bertz CT molecular complexity index is 131. The number of hydrogen-bond donors (Lipinski definition) is 1. The summed E-state index contributed by atoms with van der Waals surface area (Å²) >= 11 is 0. The maximum absolute atomic E-state index is 8.94. The van der Waals surface area contributed by atoms with E-state index in [1.807, 2.05) is 0 Å². The van der Waals surface area contributed by atoms with Crippen LogP contribution >= 0.6 is 0 Å². The van der Waals surface area contributed by atoms with Crippen LogP contribution < -0.4 is 0 Å². The maximum Gasteiger partial charge on any atom is 0.0586 e. The highest BCUT2D eigenvalue weighted by atomic mass is 16.3. The van der Waals surface area contributed by atoms with E-state index in [-0.39, 0.29) is 6.10 Å². The van der Waals surface area contributed by atoms with Gasteiger partial charge in [-0.25, -0.2) is 0 Å². The van der Waals surface area contributed by atoms with Gasteiger partial charge in [-0.3, -0.25) is 0 Å². The highest BCUT2D eigenvalue weighted by molar-refractivity contribution is 5.05. The Balaban J connectivity index is 2.56. The standard InChI is InChI=1S/C7H10O/c1-2-6-3-4-7(8)5-6/h7-8H,1,3-5H2. The van der Waals surface area contributed by atoms with E-state index in [1.54, 1.807) is 0 Å². The summed E-state index contributed by atoms with van der Waals surface area (Å²) in [6, 6.07) is 0. The van der Waals surface area contributed by atoms with Crippen LogP contribution in [-0.2, 0) is 0 Å². The van der Waals surface area contributed by atoms with Crippen LogP contribution in [0.25, 0.3) is 0 Å². The zero-order chi connectivity index (χ0) is 5.98. The van der Waals surface area contributed by atoms with Crippen molar-refractivity contribution in [3.8, 4) is 0 Å². The third kappa shape index (κ3) is 1.00. The molecule has 0 aliphatic heterocycles. The van der Waals surface area contributed by atoms with Crippen molar-refractivity contribution < 1.29 is 5.11 Å². The molecule has 1 saturated carbocycles. The summed E-state index contributed by atoms with van der Waals surface area (Å²) < 4.78 is 0. The van der Waals surface area contributed by atoms with Crippen molar-refractivity contribution in [2.24, 2.45) is 0 Å². The molecule has 0 aromatic carbocycles. The molecule has 1 N–H and O–H groups in total. The second kappa shape index (κ2) is 2.17. The summed E-state index contributed by atoms with van der Waals surface area (Å²) in [7, 11) is 0. The molecule has 1 aliphatic rings. The van der Waals surface area contributed by atoms with Gasteiger partial charge in [-0.05, 0) is 18.4 Å². The number of aliphatic hydroxyl groups excluding tert-OH is 1. The number of aliphatic hydroxyl groups is 1. The predicted molar refractivity (Wildman–Crippen MR) is 32.5 cm³/mol. The molecule has 1 nitrogen and oxygen atoms in total. The van der Waals surface area contributed by atoms with Crippen molar-refractivity contribution in [2.45, 2.75) is 25.4 Å². The Kier molecular flexibility index (Phi) is 1.52. The second-order valence-electron chi connectivity index (χ2n) is 2.18. The van der Waals surface area contributed by atoms with Gasteiger partial charge in [0.1, 0.15) is 0 Å². The van der Waals surface area contributed by atoms with E-state index in [2.05, 4.69) is 12.3 Å². The zero-order valence-electron chi connectivity index (χ0n) is 4.85. The van der Waals surface area contributed by atoms with Gasteiger partial charge in [0.05, 0.1) is 6.10 Å². The van der Waals surface area contributed by atoms with Gasteiger partial charge < -0.3 is 5.11 Å². The van der Waals surface area contributed by atoms with Crippen molar-refractivity contribution in [2.75, 3.05) is 0 Å². The molecule has 1 rings (SSSR count). The van der Waals surface area contributed by atoms with E-state index in [0.717, 1.165) is 19.3 Å². The Labute approximate surface area is 49.3 Å². The smallest absolute Gasteiger partial charge is 0.0586 e. The fourth-order valence-corrected chi connectivity index (χ4v) is 0.990. The second-order valence-corrected chi connectivity index (χ2v) is 2.18. The third-order valence-corrected chi connectivity index (χ3v) is 1.51. The average Bonchev–Trinajstić information content (AvgIpc) is 2.14. The van der Waals surface area contributed by atoms with Crippen LogP contribution in [0.5, 0.6) is 0 Å². The van der Waals surface area contributed by atoms with Gasteiger partial charge in [0.2, 0.25) is 0 Å². The summed E-state index contributed by atoms with van der Waals surface area (Å²) in [4.78, 5) is 0. The normalized spacial score (nSPS) is 28.1. The predicted octanol–water partition coefficient (Wildman–Crippen LogP) is 1.24. The molecule has 1 atom stereocenters. The van der Waals surface area contributed by atoms with Crippen LogP contribution in [-0.4, -0.2) is 11.2 Å². The fraction of sp³-hybridized carbons (Fsp3) is 0.571. The van der Waals surface area contributed by atoms with Gasteiger partial charge in [-0.1, -0.05) is 6.58 Å². The van der Waals surface area contributed by atoms with Crippen molar-refractivity contribution in [3.63, 3.8) is 0 Å². The SMILES string of the molecule is C=C=C1CCC(O)C1. The van der Waals surface area contributed by atoms with Gasteiger partial charge >= 0.3 is 0 Å². The Hall–Kier alpha value is -0.520. The molecular formula is C7H10O. The Morgan fingerprint density at radius 1 is 1.75 bits per heavy atom. The summed E-state index contributed by atoms with van der Waals surface area (Å²) in [6.45, 7) is 3.50. The number of hydrogen-bond acceptors (Lipinski definition) is 1. The minimum atomic E-state index is -0.112. The highest BCUT2D eigenvalue weighted by Crippen LogP contribution is 2.22. The Morgan fingerprint density at radius 3 is 2.75 bits per heavy atom. The first-order valence-electron chi connectivity index (χ1n) is 2.89. The summed E-state index contributed by atoms with van der Waals surface area (Å²) in [5.41, 5.74) is 3.98. The van der Waals surface area contributed by atoms with Crippen molar-refractivity contribution in [1.82, 2.24) is 0 Å². The van der Waals surface area contributed by atoms with E-state index in [0.29, 0.717) is 0 Å². The van der Waals surface area contributed by atoms with Crippen molar-refractivity contribution >= 4 is 0 Å². The third-order valence-electron chi connectivity index (χ3n) is 1.51. The molecule has 0 amide bonds. The van der Waals surface area contributed by atoms with E-state index in [1.165, 1.54) is 5.57 Å². The van der Waals surface area contributed by atoms with E-state index >= 15 is 0 Å². The molecule has 44 valence electrons. The lowest BCUT2D eigenvalue weighted by molar-refractivity contribution is 0.186. The van der Waals surface area contributed by atoms with E-state index < -0.39 is 0 Å². The molecule has 0 saturated heterocycles. The van der Waals surface area contributed by atoms with Crippen LogP contribution in [0.3, 0.4) is 0 Å². The minimum Gasteiger partial charge on any atom is -0.393 e. The topological polar surface area (TPSA) is 20.2 Å². The quantitative estimate of drug-likeness (QED) is 0.465. The molecular weight excluding hydrogens is 100 g/mol. The molecule has 0 aromatic rings. The molecule has 0 spiro atoms. The lowest BCUT2D eigenvalue weighted by Gasteiger charge is -1.91. The van der Waals surface area contributed by atoms with E-state index in [9.17, 15) is 0 Å². The molecule has 1 fully saturated rings. The highest BCUT2D eigenvalue weighted by Gasteiger charge is 2.14. The van der Waals surface area contributed by atoms with Crippen molar-refractivity contribution in [3.05, 3.63) is 17.9 Å². The van der Waals surface area contributed by atoms with Crippen LogP contribution in [0.4, 0.5) is 0 Å². The van der Waals surface area contributed by atoms with Crippen LogP contribution in [0.15, 0.2) is 17.9 Å². The molecule has 0 bridgehead atoms.